The highest BCUT2D eigenvalue weighted by Crippen LogP contribution is 2.25. The summed E-state index contributed by atoms with van der Waals surface area (Å²) in [5, 5.41) is 2.64. The van der Waals surface area contributed by atoms with Crippen LogP contribution in [0.1, 0.15) is 23.9 Å². The molecule has 138 valence electrons. The highest BCUT2D eigenvalue weighted by Gasteiger charge is 2.10. The summed E-state index contributed by atoms with van der Waals surface area (Å²) in [6, 6.07) is 9.03. The van der Waals surface area contributed by atoms with Gasteiger partial charge < -0.3 is 15.0 Å². The Morgan fingerprint density at radius 1 is 1.26 bits per heavy atom. The molecule has 3 aromatic rings. The number of hydrogen-bond acceptors (Lipinski definition) is 5. The molecule has 3 aromatic heterocycles. The first-order valence-corrected chi connectivity index (χ1v) is 8.60. The van der Waals surface area contributed by atoms with E-state index in [4.69, 9.17) is 4.74 Å². The fourth-order valence-electron chi connectivity index (χ4n) is 2.66. The average molecular weight is 364 g/mol. The Morgan fingerprint density at radius 2 is 2.11 bits per heavy atom. The molecule has 0 spiro atoms. The normalized spacial score (nSPS) is 10.4. The Morgan fingerprint density at radius 3 is 2.85 bits per heavy atom. The summed E-state index contributed by atoms with van der Waals surface area (Å²) in [5.74, 6) is 0.315. The van der Waals surface area contributed by atoms with Crippen LogP contribution in [0.25, 0.3) is 11.1 Å². The Balaban J connectivity index is 1.74. The largest absolute Gasteiger partial charge is 0.412 e. The van der Waals surface area contributed by atoms with Crippen molar-refractivity contribution in [3.8, 4) is 16.9 Å². The summed E-state index contributed by atoms with van der Waals surface area (Å²) in [7, 11) is 0. The van der Waals surface area contributed by atoms with E-state index < -0.39 is 6.09 Å². The molecule has 0 aliphatic rings. The predicted molar refractivity (Wildman–Crippen MR) is 102 cm³/mol. The molecule has 27 heavy (non-hydrogen) atoms. The van der Waals surface area contributed by atoms with Gasteiger partial charge in [0.2, 0.25) is 0 Å². The molecule has 0 unspecified atom stereocenters. The van der Waals surface area contributed by atoms with Crippen LogP contribution in [0.2, 0.25) is 0 Å². The van der Waals surface area contributed by atoms with Gasteiger partial charge in [-0.05, 0) is 37.6 Å². The molecule has 3 heterocycles. The number of hydrogen-bond donors (Lipinski definition) is 2. The smallest absolute Gasteiger partial charge is 0.409 e. The number of carbonyl (C=O) groups excluding carboxylic acids is 1. The van der Waals surface area contributed by atoms with Crippen LogP contribution in [0.5, 0.6) is 5.75 Å². The minimum atomic E-state index is -0.591. The van der Waals surface area contributed by atoms with Gasteiger partial charge in [0.1, 0.15) is 0 Å². The Hall–Kier alpha value is -3.48. The number of H-pyrrole nitrogens is 1. The minimum absolute atomic E-state index is 0.0898. The number of aryl methyl sites for hydroxylation is 2. The van der Waals surface area contributed by atoms with Crippen molar-refractivity contribution in [2.24, 2.45) is 0 Å². The van der Waals surface area contributed by atoms with Crippen LogP contribution in [0.4, 0.5) is 4.79 Å². The number of amides is 1. The third kappa shape index (κ3) is 4.58. The van der Waals surface area contributed by atoms with E-state index in [0.717, 1.165) is 22.5 Å². The SMILES string of the molecule is CCc1cc(-c2cncc(OC(=O)NCc3ccccn3)c2)c(C)[nH]c1=O. The maximum Gasteiger partial charge on any atom is 0.412 e. The lowest BCUT2D eigenvalue weighted by molar-refractivity contribution is 0.199. The quantitative estimate of drug-likeness (QED) is 0.725. The number of aromatic nitrogens is 3. The third-order valence-electron chi connectivity index (χ3n) is 4.07. The molecule has 0 saturated heterocycles. The van der Waals surface area contributed by atoms with Crippen LogP contribution in [0.15, 0.2) is 53.7 Å². The highest BCUT2D eigenvalue weighted by molar-refractivity contribution is 5.72. The number of nitrogens with one attached hydrogen (secondary N) is 2. The van der Waals surface area contributed by atoms with Gasteiger partial charge in [-0.2, -0.15) is 0 Å². The fourth-order valence-corrected chi connectivity index (χ4v) is 2.66. The Labute approximate surface area is 156 Å². The molecule has 7 nitrogen and oxygen atoms in total. The van der Waals surface area contributed by atoms with Gasteiger partial charge in [0.05, 0.1) is 18.4 Å². The van der Waals surface area contributed by atoms with E-state index in [0.29, 0.717) is 17.7 Å². The maximum atomic E-state index is 12.0. The van der Waals surface area contributed by atoms with Gasteiger partial charge in [0.15, 0.2) is 5.75 Å². The van der Waals surface area contributed by atoms with Crippen LogP contribution in [-0.2, 0) is 13.0 Å². The van der Waals surface area contributed by atoms with Crippen LogP contribution < -0.4 is 15.6 Å². The second-order valence-corrected chi connectivity index (χ2v) is 5.99. The average Bonchev–Trinajstić information content (AvgIpc) is 2.67. The van der Waals surface area contributed by atoms with Gasteiger partial charge in [-0.15, -0.1) is 0 Å². The summed E-state index contributed by atoms with van der Waals surface area (Å²) in [5.41, 5.74) is 3.67. The van der Waals surface area contributed by atoms with Crippen molar-refractivity contribution in [2.45, 2.75) is 26.8 Å². The topological polar surface area (TPSA) is 97.0 Å². The first kappa shape index (κ1) is 18.3. The molecule has 0 aliphatic heterocycles. The summed E-state index contributed by atoms with van der Waals surface area (Å²) in [6.45, 7) is 4.02. The van der Waals surface area contributed by atoms with E-state index in [1.54, 1.807) is 18.5 Å². The van der Waals surface area contributed by atoms with Crippen molar-refractivity contribution in [3.05, 3.63) is 76.2 Å². The van der Waals surface area contributed by atoms with Crippen molar-refractivity contribution in [1.82, 2.24) is 20.3 Å². The lowest BCUT2D eigenvalue weighted by atomic mass is 10.0. The maximum absolute atomic E-state index is 12.0. The molecule has 0 atom stereocenters. The van der Waals surface area contributed by atoms with Gasteiger partial charge >= 0.3 is 6.09 Å². The van der Waals surface area contributed by atoms with E-state index in [2.05, 4.69) is 20.3 Å². The lowest BCUT2D eigenvalue weighted by Gasteiger charge is -2.10. The Kier molecular flexibility index (Phi) is 5.61. The first-order chi connectivity index (χ1) is 13.1. The number of aromatic amines is 1. The number of rotatable bonds is 5. The van der Waals surface area contributed by atoms with Gasteiger partial charge in [0, 0.05) is 34.8 Å². The fraction of sp³-hybridized carbons (Fsp3) is 0.200. The summed E-state index contributed by atoms with van der Waals surface area (Å²) in [4.78, 5) is 35.0. The number of ether oxygens (including phenoxy) is 1. The van der Waals surface area contributed by atoms with E-state index in [-0.39, 0.29) is 12.1 Å². The van der Waals surface area contributed by atoms with Crippen LogP contribution in [-0.4, -0.2) is 21.0 Å². The van der Waals surface area contributed by atoms with Gasteiger partial charge in [-0.3, -0.25) is 14.8 Å². The van der Waals surface area contributed by atoms with Crippen molar-refractivity contribution in [2.75, 3.05) is 0 Å². The number of nitrogens with zero attached hydrogens (tertiary/aromatic N) is 2. The monoisotopic (exact) mass is 364 g/mol. The Bertz CT molecular complexity index is 1000. The predicted octanol–water partition coefficient (Wildman–Crippen LogP) is 2.99. The lowest BCUT2D eigenvalue weighted by Crippen LogP contribution is -2.26. The number of pyridine rings is 3. The molecule has 3 rings (SSSR count). The molecule has 0 bridgehead atoms. The van der Waals surface area contributed by atoms with Crippen molar-refractivity contribution in [1.29, 1.82) is 0 Å². The summed E-state index contributed by atoms with van der Waals surface area (Å²) in [6.07, 6.45) is 4.83. The number of carbonyl (C=O) groups is 1. The molecule has 0 fully saturated rings. The molecule has 2 N–H and O–H groups in total. The third-order valence-corrected chi connectivity index (χ3v) is 4.07. The summed E-state index contributed by atoms with van der Waals surface area (Å²) < 4.78 is 5.31. The van der Waals surface area contributed by atoms with Crippen molar-refractivity contribution < 1.29 is 9.53 Å². The molecule has 0 aromatic carbocycles. The minimum Gasteiger partial charge on any atom is -0.409 e. The van der Waals surface area contributed by atoms with E-state index >= 15 is 0 Å². The van der Waals surface area contributed by atoms with Crippen LogP contribution >= 0.6 is 0 Å². The van der Waals surface area contributed by atoms with Gasteiger partial charge in [-0.25, -0.2) is 4.79 Å². The zero-order chi connectivity index (χ0) is 19.2. The van der Waals surface area contributed by atoms with Crippen LogP contribution in [0, 0.1) is 6.92 Å². The van der Waals surface area contributed by atoms with E-state index in [9.17, 15) is 9.59 Å². The molecule has 7 heteroatoms. The zero-order valence-electron chi connectivity index (χ0n) is 15.2. The second-order valence-electron chi connectivity index (χ2n) is 5.99. The molecule has 1 amide bonds. The first-order valence-electron chi connectivity index (χ1n) is 8.60. The summed E-state index contributed by atoms with van der Waals surface area (Å²) >= 11 is 0. The zero-order valence-corrected chi connectivity index (χ0v) is 15.2. The molecule has 0 radical (unpaired) electrons. The van der Waals surface area contributed by atoms with E-state index in [1.165, 1.54) is 6.20 Å². The van der Waals surface area contributed by atoms with E-state index in [1.807, 2.05) is 38.1 Å². The standard InChI is InChI=1S/C20H20N4O3/c1-3-14-9-18(13(2)24-19(14)25)15-8-17(12-21-10-15)27-20(26)23-11-16-6-4-5-7-22-16/h4-10,12H,3,11H2,1-2H3,(H,23,26)(H,24,25). The highest BCUT2D eigenvalue weighted by atomic mass is 16.6. The molecule has 0 saturated carbocycles. The van der Waals surface area contributed by atoms with Crippen LogP contribution in [0.3, 0.4) is 0 Å². The van der Waals surface area contributed by atoms with Gasteiger partial charge in [0.25, 0.3) is 5.56 Å². The molecule has 0 aliphatic carbocycles. The van der Waals surface area contributed by atoms with Gasteiger partial charge in [-0.1, -0.05) is 13.0 Å². The molecular formula is C20H20N4O3. The van der Waals surface area contributed by atoms with Crippen molar-refractivity contribution in [3.63, 3.8) is 0 Å². The molecular weight excluding hydrogens is 344 g/mol. The van der Waals surface area contributed by atoms with Crippen molar-refractivity contribution >= 4 is 6.09 Å². The second kappa shape index (κ2) is 8.27.